The van der Waals surface area contributed by atoms with Crippen molar-refractivity contribution in [3.63, 3.8) is 0 Å². The summed E-state index contributed by atoms with van der Waals surface area (Å²) in [5.41, 5.74) is 6.92. The molecule has 0 atom stereocenters. The molecule has 1 saturated carbocycles. The third kappa shape index (κ3) is 3.26. The zero-order chi connectivity index (χ0) is 10.2. The van der Waals surface area contributed by atoms with E-state index in [0.717, 1.165) is 29.2 Å². The van der Waals surface area contributed by atoms with E-state index in [0.29, 0.717) is 6.61 Å². The highest BCUT2D eigenvalue weighted by molar-refractivity contribution is 6.30. The summed E-state index contributed by atoms with van der Waals surface area (Å²) < 4.78 is 5.64. The van der Waals surface area contributed by atoms with E-state index in [1.807, 2.05) is 25.1 Å². The SMILES string of the molecule is Cc1cc(Cl)ccc1OCC1(N)CC1.Cl. The van der Waals surface area contributed by atoms with Crippen molar-refractivity contribution in [2.24, 2.45) is 5.73 Å². The zero-order valence-corrected chi connectivity index (χ0v) is 10.2. The lowest BCUT2D eigenvalue weighted by molar-refractivity contribution is 0.278. The van der Waals surface area contributed by atoms with E-state index in [-0.39, 0.29) is 17.9 Å². The van der Waals surface area contributed by atoms with Crippen LogP contribution in [0.3, 0.4) is 0 Å². The molecular formula is C11H15Cl2NO. The monoisotopic (exact) mass is 247 g/mol. The Bertz CT molecular complexity index is 350. The van der Waals surface area contributed by atoms with Gasteiger partial charge in [0.15, 0.2) is 0 Å². The standard InChI is InChI=1S/C11H14ClNO.ClH/c1-8-6-9(12)2-3-10(8)14-7-11(13)4-5-11;/h2-3,6H,4-5,7,13H2,1H3;1H. The molecule has 0 aromatic heterocycles. The highest BCUT2D eigenvalue weighted by atomic mass is 35.5. The summed E-state index contributed by atoms with van der Waals surface area (Å²) in [6, 6.07) is 5.62. The topological polar surface area (TPSA) is 35.2 Å². The second-order valence-electron chi connectivity index (χ2n) is 4.06. The molecule has 1 aliphatic rings. The predicted molar refractivity (Wildman–Crippen MR) is 65.1 cm³/mol. The number of ether oxygens (including phenoxy) is 1. The lowest BCUT2D eigenvalue weighted by atomic mass is 10.2. The molecule has 1 fully saturated rings. The van der Waals surface area contributed by atoms with Gasteiger partial charge in [-0.15, -0.1) is 12.4 Å². The Balaban J connectivity index is 0.00000112. The van der Waals surface area contributed by atoms with Gasteiger partial charge in [-0.25, -0.2) is 0 Å². The summed E-state index contributed by atoms with van der Waals surface area (Å²) in [5.74, 6) is 0.881. The van der Waals surface area contributed by atoms with Gasteiger partial charge in [0, 0.05) is 5.02 Å². The minimum Gasteiger partial charge on any atom is -0.491 e. The maximum absolute atomic E-state index is 5.92. The largest absolute Gasteiger partial charge is 0.491 e. The molecule has 1 aliphatic carbocycles. The van der Waals surface area contributed by atoms with Crippen molar-refractivity contribution < 1.29 is 4.74 Å². The summed E-state index contributed by atoms with van der Waals surface area (Å²) >= 11 is 5.84. The molecule has 0 amide bonds. The Hall–Kier alpha value is -0.440. The van der Waals surface area contributed by atoms with Gasteiger partial charge in [-0.1, -0.05) is 11.6 Å². The van der Waals surface area contributed by atoms with Gasteiger partial charge in [0.05, 0.1) is 5.54 Å². The van der Waals surface area contributed by atoms with Crippen LogP contribution in [0.4, 0.5) is 0 Å². The van der Waals surface area contributed by atoms with E-state index in [1.54, 1.807) is 0 Å². The van der Waals surface area contributed by atoms with Crippen molar-refractivity contribution in [1.29, 1.82) is 0 Å². The fraction of sp³-hybridized carbons (Fsp3) is 0.455. The molecular weight excluding hydrogens is 233 g/mol. The van der Waals surface area contributed by atoms with Gasteiger partial charge in [0.2, 0.25) is 0 Å². The molecule has 0 heterocycles. The Kier molecular flexibility index (Phi) is 3.87. The molecule has 0 spiro atoms. The second kappa shape index (κ2) is 4.60. The molecule has 15 heavy (non-hydrogen) atoms. The molecule has 1 aromatic rings. The van der Waals surface area contributed by atoms with Gasteiger partial charge >= 0.3 is 0 Å². The summed E-state index contributed by atoms with van der Waals surface area (Å²) in [6.07, 6.45) is 2.14. The van der Waals surface area contributed by atoms with Gasteiger partial charge in [-0.2, -0.15) is 0 Å². The van der Waals surface area contributed by atoms with Crippen LogP contribution in [0.15, 0.2) is 18.2 Å². The van der Waals surface area contributed by atoms with Crippen LogP contribution in [0.5, 0.6) is 5.75 Å². The zero-order valence-electron chi connectivity index (χ0n) is 8.63. The van der Waals surface area contributed by atoms with Crippen molar-refractivity contribution in [3.8, 4) is 5.75 Å². The summed E-state index contributed by atoms with van der Waals surface area (Å²) in [4.78, 5) is 0. The third-order valence-corrected chi connectivity index (χ3v) is 2.78. The smallest absolute Gasteiger partial charge is 0.122 e. The fourth-order valence-corrected chi connectivity index (χ4v) is 1.53. The molecule has 84 valence electrons. The first-order valence-electron chi connectivity index (χ1n) is 4.77. The lowest BCUT2D eigenvalue weighted by Gasteiger charge is -2.12. The Morgan fingerprint density at radius 2 is 2.13 bits per heavy atom. The highest BCUT2D eigenvalue weighted by Crippen LogP contribution is 2.33. The van der Waals surface area contributed by atoms with Crippen LogP contribution in [-0.4, -0.2) is 12.1 Å². The first-order chi connectivity index (χ1) is 6.59. The predicted octanol–water partition coefficient (Wildman–Crippen LogP) is 2.94. The third-order valence-electron chi connectivity index (χ3n) is 2.54. The van der Waals surface area contributed by atoms with Crippen LogP contribution in [0.2, 0.25) is 5.02 Å². The summed E-state index contributed by atoms with van der Waals surface area (Å²) in [5, 5.41) is 0.740. The number of aryl methyl sites for hydroxylation is 1. The molecule has 0 bridgehead atoms. The van der Waals surface area contributed by atoms with Crippen LogP contribution < -0.4 is 10.5 Å². The number of rotatable bonds is 3. The lowest BCUT2D eigenvalue weighted by Crippen LogP contribution is -2.29. The Labute approximate surface area is 101 Å². The van der Waals surface area contributed by atoms with Crippen LogP contribution in [0.1, 0.15) is 18.4 Å². The van der Waals surface area contributed by atoms with E-state index in [9.17, 15) is 0 Å². The van der Waals surface area contributed by atoms with Crippen molar-refractivity contribution in [3.05, 3.63) is 28.8 Å². The number of benzene rings is 1. The molecule has 4 heteroatoms. The van der Waals surface area contributed by atoms with Crippen LogP contribution in [-0.2, 0) is 0 Å². The molecule has 0 saturated heterocycles. The minimum atomic E-state index is -0.0634. The number of hydrogen-bond donors (Lipinski definition) is 1. The maximum atomic E-state index is 5.92. The second-order valence-corrected chi connectivity index (χ2v) is 4.50. The molecule has 0 aliphatic heterocycles. The molecule has 1 aromatic carbocycles. The van der Waals surface area contributed by atoms with Crippen molar-refractivity contribution in [2.45, 2.75) is 25.3 Å². The number of halogens is 2. The first kappa shape index (κ1) is 12.6. The fourth-order valence-electron chi connectivity index (χ4n) is 1.30. The van der Waals surface area contributed by atoms with Crippen molar-refractivity contribution in [1.82, 2.24) is 0 Å². The molecule has 0 radical (unpaired) electrons. The first-order valence-corrected chi connectivity index (χ1v) is 5.15. The van der Waals surface area contributed by atoms with Crippen molar-refractivity contribution >= 4 is 24.0 Å². The van der Waals surface area contributed by atoms with Crippen LogP contribution in [0.25, 0.3) is 0 Å². The average molecular weight is 248 g/mol. The van der Waals surface area contributed by atoms with E-state index in [4.69, 9.17) is 22.1 Å². The average Bonchev–Trinajstić information content (AvgIpc) is 2.83. The minimum absolute atomic E-state index is 0. The van der Waals surface area contributed by atoms with E-state index < -0.39 is 0 Å². The van der Waals surface area contributed by atoms with Gasteiger partial charge in [0.25, 0.3) is 0 Å². The van der Waals surface area contributed by atoms with Gasteiger partial charge in [-0.05, 0) is 43.5 Å². The Morgan fingerprint density at radius 3 is 2.67 bits per heavy atom. The van der Waals surface area contributed by atoms with Crippen molar-refractivity contribution in [2.75, 3.05) is 6.61 Å². The Morgan fingerprint density at radius 1 is 1.47 bits per heavy atom. The molecule has 2 rings (SSSR count). The summed E-state index contributed by atoms with van der Waals surface area (Å²) in [6.45, 7) is 2.59. The molecule has 0 unspecified atom stereocenters. The van der Waals surface area contributed by atoms with Gasteiger partial charge in [-0.3, -0.25) is 0 Å². The maximum Gasteiger partial charge on any atom is 0.122 e. The normalized spacial score (nSPS) is 16.7. The van der Waals surface area contributed by atoms with E-state index in [2.05, 4.69) is 0 Å². The van der Waals surface area contributed by atoms with E-state index in [1.165, 1.54) is 0 Å². The van der Waals surface area contributed by atoms with Gasteiger partial charge < -0.3 is 10.5 Å². The number of nitrogens with two attached hydrogens (primary N) is 1. The number of hydrogen-bond acceptors (Lipinski definition) is 2. The quantitative estimate of drug-likeness (QED) is 0.892. The molecule has 2 nitrogen and oxygen atoms in total. The highest BCUT2D eigenvalue weighted by Gasteiger charge is 2.39. The summed E-state index contributed by atoms with van der Waals surface area (Å²) in [7, 11) is 0. The van der Waals surface area contributed by atoms with Gasteiger partial charge in [0.1, 0.15) is 12.4 Å². The van der Waals surface area contributed by atoms with Crippen LogP contribution in [0, 0.1) is 6.92 Å². The van der Waals surface area contributed by atoms with E-state index >= 15 is 0 Å². The molecule has 2 N–H and O–H groups in total. The van der Waals surface area contributed by atoms with Crippen LogP contribution >= 0.6 is 24.0 Å².